The van der Waals surface area contributed by atoms with Crippen LogP contribution in [0.15, 0.2) is 36.9 Å². The second-order valence-corrected chi connectivity index (χ2v) is 7.98. The third-order valence-electron chi connectivity index (χ3n) is 4.58. The van der Waals surface area contributed by atoms with Gasteiger partial charge in [0.2, 0.25) is 11.2 Å². The van der Waals surface area contributed by atoms with E-state index in [2.05, 4.69) is 9.97 Å². The summed E-state index contributed by atoms with van der Waals surface area (Å²) in [5.41, 5.74) is 7.68. The number of aliphatic hydroxyl groups is 3. The summed E-state index contributed by atoms with van der Waals surface area (Å²) < 4.78 is 42.2. The first-order valence-corrected chi connectivity index (χ1v) is 10.8. The summed E-state index contributed by atoms with van der Waals surface area (Å²) in [5, 5.41) is 30.0. The Morgan fingerprint density at radius 1 is 1.21 bits per heavy atom. The zero-order chi connectivity index (χ0) is 24.3. The number of rotatable bonds is 5. The van der Waals surface area contributed by atoms with E-state index in [1.165, 1.54) is 22.0 Å². The highest BCUT2D eigenvalue weighted by Crippen LogP contribution is 2.31. The Hall–Kier alpha value is -2.37. The van der Waals surface area contributed by atoms with Crippen LogP contribution in [-0.4, -0.2) is 54.8 Å². The molecule has 4 rings (SSSR count). The molecular formula is C17H19Cl2N5O9. The molecule has 180 valence electrons. The van der Waals surface area contributed by atoms with Crippen LogP contribution in [0.4, 0.5) is 5.82 Å². The normalized spacial score (nSPS) is 22.8. The molecule has 1 aliphatic heterocycles. The van der Waals surface area contributed by atoms with E-state index in [-0.39, 0.29) is 12.4 Å². The monoisotopic (exact) mass is 507 g/mol. The highest BCUT2D eigenvalue weighted by Gasteiger charge is 2.44. The van der Waals surface area contributed by atoms with Gasteiger partial charge in [-0.15, -0.1) is 10.2 Å². The minimum Gasteiger partial charge on any atom is -0.394 e. The first kappa shape index (κ1) is 25.3. The molecule has 2 aromatic heterocycles. The molecule has 3 aromatic rings. The number of aromatic nitrogens is 4. The van der Waals surface area contributed by atoms with Gasteiger partial charge in [0.25, 0.3) is 12.1 Å². The molecule has 1 aromatic carbocycles. The molecular weight excluding hydrogens is 489 g/mol. The number of nitrogens with two attached hydrogens (primary N) is 1. The Bertz CT molecular complexity index is 1090. The summed E-state index contributed by atoms with van der Waals surface area (Å²) in [5.74, 6) is 0.206. The summed E-state index contributed by atoms with van der Waals surface area (Å²) in [6.45, 7) is -0.202. The number of hydrogen-bond acceptors (Lipinski definition) is 12. The van der Waals surface area contributed by atoms with Gasteiger partial charge in [-0.25, -0.2) is 23.6 Å². The lowest BCUT2D eigenvalue weighted by Crippen LogP contribution is -2.68. The van der Waals surface area contributed by atoms with Crippen molar-refractivity contribution in [1.82, 2.24) is 14.5 Å². The predicted octanol–water partition coefficient (Wildman–Crippen LogP) is -5.56. The van der Waals surface area contributed by atoms with Crippen molar-refractivity contribution in [3.63, 3.8) is 0 Å². The SMILES string of the molecule is Nc1c2ncn([C@@H]3O[C@H](CO)[C@@H](O)[C@H]3O)c2nc[n+]1OCc1cccc(Cl)c1.[O-][Cl+3]([O-])([O-])[O-]. The number of aliphatic hydroxyl groups excluding tert-OH is 3. The van der Waals surface area contributed by atoms with Gasteiger partial charge in [0.1, 0.15) is 24.6 Å². The second-order valence-electron chi connectivity index (χ2n) is 6.79. The van der Waals surface area contributed by atoms with E-state index in [4.69, 9.17) is 45.5 Å². The second kappa shape index (κ2) is 10.3. The van der Waals surface area contributed by atoms with Crippen LogP contribution in [0.3, 0.4) is 0 Å². The first-order valence-electron chi connectivity index (χ1n) is 9.14. The van der Waals surface area contributed by atoms with Gasteiger partial charge in [-0.3, -0.25) is 4.57 Å². The molecule has 16 heteroatoms. The van der Waals surface area contributed by atoms with Crippen molar-refractivity contribution in [2.24, 2.45) is 0 Å². The van der Waals surface area contributed by atoms with Gasteiger partial charge in [0.05, 0.1) is 6.61 Å². The molecule has 0 saturated carbocycles. The van der Waals surface area contributed by atoms with Crippen molar-refractivity contribution in [3.8, 4) is 0 Å². The van der Waals surface area contributed by atoms with Crippen LogP contribution in [0.2, 0.25) is 5.02 Å². The van der Waals surface area contributed by atoms with Gasteiger partial charge in [0.15, 0.2) is 12.8 Å². The highest BCUT2D eigenvalue weighted by atomic mass is 35.7. The minimum absolute atomic E-state index is 0.206. The average Bonchev–Trinajstić information content (AvgIpc) is 3.28. The largest absolute Gasteiger partial charge is 0.394 e. The number of halogens is 2. The van der Waals surface area contributed by atoms with Crippen molar-refractivity contribution in [2.75, 3.05) is 12.3 Å². The number of nitrogen functional groups attached to an aromatic ring is 1. The zero-order valence-corrected chi connectivity index (χ0v) is 18.1. The van der Waals surface area contributed by atoms with Crippen LogP contribution < -0.4 is 33.9 Å². The topological polar surface area (TPSA) is 232 Å². The molecule has 33 heavy (non-hydrogen) atoms. The third-order valence-corrected chi connectivity index (χ3v) is 4.82. The smallest absolute Gasteiger partial charge is 0.289 e. The van der Waals surface area contributed by atoms with Gasteiger partial charge in [0, 0.05) is 5.02 Å². The molecule has 1 saturated heterocycles. The number of fused-ring (bicyclic) bond motifs is 1. The summed E-state index contributed by atoms with van der Waals surface area (Å²) >= 11 is 5.97. The maximum Gasteiger partial charge on any atom is 0.289 e. The molecule has 0 unspecified atom stereocenters. The molecule has 14 nitrogen and oxygen atoms in total. The van der Waals surface area contributed by atoms with Gasteiger partial charge in [-0.1, -0.05) is 33.4 Å². The van der Waals surface area contributed by atoms with Gasteiger partial charge in [-0.05, 0) is 17.7 Å². The lowest BCUT2D eigenvalue weighted by molar-refractivity contribution is -2.00. The van der Waals surface area contributed by atoms with E-state index in [0.717, 1.165) is 5.56 Å². The van der Waals surface area contributed by atoms with Crippen LogP contribution in [0.5, 0.6) is 0 Å². The number of nitrogens with zero attached hydrogens (tertiary/aromatic N) is 4. The molecule has 4 atom stereocenters. The van der Waals surface area contributed by atoms with Crippen LogP contribution in [0.25, 0.3) is 11.2 Å². The highest BCUT2D eigenvalue weighted by molar-refractivity contribution is 6.30. The van der Waals surface area contributed by atoms with Crippen LogP contribution in [0, 0.1) is 10.2 Å². The third kappa shape index (κ3) is 6.15. The number of anilines is 1. The minimum atomic E-state index is -4.94. The van der Waals surface area contributed by atoms with Gasteiger partial charge in [-0.2, -0.15) is 0 Å². The molecule has 0 amide bonds. The Morgan fingerprint density at radius 3 is 2.52 bits per heavy atom. The van der Waals surface area contributed by atoms with Crippen molar-refractivity contribution in [1.29, 1.82) is 0 Å². The Kier molecular flexibility index (Phi) is 7.86. The molecule has 0 aliphatic carbocycles. The van der Waals surface area contributed by atoms with Crippen LogP contribution in [0.1, 0.15) is 11.8 Å². The maximum absolute atomic E-state index is 10.2. The van der Waals surface area contributed by atoms with Crippen molar-refractivity contribution < 1.29 is 58.5 Å². The summed E-state index contributed by atoms with van der Waals surface area (Å²) in [6, 6.07) is 7.23. The fourth-order valence-corrected chi connectivity index (χ4v) is 3.32. The van der Waals surface area contributed by atoms with E-state index < -0.39 is 41.4 Å². The molecule has 0 spiro atoms. The number of ether oxygens (including phenoxy) is 1. The fraction of sp³-hybridized carbons (Fsp3) is 0.353. The maximum atomic E-state index is 10.2. The fourth-order valence-electron chi connectivity index (χ4n) is 3.11. The number of benzene rings is 1. The van der Waals surface area contributed by atoms with Crippen LogP contribution >= 0.6 is 11.6 Å². The lowest BCUT2D eigenvalue weighted by atomic mass is 10.1. The summed E-state index contributed by atoms with van der Waals surface area (Å²) in [7, 11) is -4.94. The zero-order valence-electron chi connectivity index (χ0n) is 16.6. The Balaban J connectivity index is 0.000000555. The van der Waals surface area contributed by atoms with E-state index in [0.29, 0.717) is 16.2 Å². The molecule has 3 heterocycles. The summed E-state index contributed by atoms with van der Waals surface area (Å²) in [6.07, 6.45) is -1.54. The van der Waals surface area contributed by atoms with E-state index >= 15 is 0 Å². The number of imidazole rings is 1. The lowest BCUT2D eigenvalue weighted by Gasteiger charge is -2.17. The summed E-state index contributed by atoms with van der Waals surface area (Å²) in [4.78, 5) is 14.2. The van der Waals surface area contributed by atoms with E-state index in [1.807, 2.05) is 12.1 Å². The molecule has 1 fully saturated rings. The quantitative estimate of drug-likeness (QED) is 0.236. The Labute approximate surface area is 192 Å². The van der Waals surface area contributed by atoms with Crippen molar-refractivity contribution >= 4 is 28.6 Å². The molecule has 0 bridgehead atoms. The van der Waals surface area contributed by atoms with Gasteiger partial charge >= 0.3 is 0 Å². The van der Waals surface area contributed by atoms with Crippen molar-refractivity contribution in [3.05, 3.63) is 47.5 Å². The van der Waals surface area contributed by atoms with Gasteiger partial charge < -0.3 is 30.6 Å². The Morgan fingerprint density at radius 2 is 1.91 bits per heavy atom. The standard InChI is InChI=1S/C17H18ClN5O5.ClHO4/c18-10-3-1-2-9(4-10)6-27-23-8-21-16-12(15(23)19)20-7-22(16)17-14(26)13(25)11(5-24)28-17;2-1(3,4)5/h1-4,7-8,11,13-14,17,19,24-26H,5-6H2;(H,2,3,4,5)/t11-,13-,14-,17-;/m1./s1. The van der Waals surface area contributed by atoms with E-state index in [9.17, 15) is 15.3 Å². The molecule has 0 radical (unpaired) electrons. The van der Waals surface area contributed by atoms with Crippen LogP contribution in [-0.2, 0) is 11.3 Å². The van der Waals surface area contributed by atoms with E-state index in [1.54, 1.807) is 12.1 Å². The average molecular weight is 508 g/mol. The number of hydrogen-bond donors (Lipinski definition) is 4. The molecule has 1 aliphatic rings. The first-order chi connectivity index (χ1) is 15.5. The molecule has 5 N–H and O–H groups in total. The predicted molar refractivity (Wildman–Crippen MR) is 96.9 cm³/mol. The van der Waals surface area contributed by atoms with Crippen molar-refractivity contribution in [2.45, 2.75) is 31.1 Å².